The maximum atomic E-state index is 13.1. The van der Waals surface area contributed by atoms with Gasteiger partial charge in [0.15, 0.2) is 0 Å². The van der Waals surface area contributed by atoms with Gasteiger partial charge in [-0.15, -0.1) is 0 Å². The van der Waals surface area contributed by atoms with Crippen molar-refractivity contribution < 1.29 is 19.2 Å². The Morgan fingerprint density at radius 3 is 2.64 bits per heavy atom. The van der Waals surface area contributed by atoms with Gasteiger partial charge < -0.3 is 5.73 Å². The maximum absolute atomic E-state index is 13.1. The number of hydrogen-bond acceptors (Lipinski definition) is 6. The van der Waals surface area contributed by atoms with Gasteiger partial charge in [0.2, 0.25) is 11.8 Å². The Balaban J connectivity index is 1.59. The van der Waals surface area contributed by atoms with Crippen molar-refractivity contribution in [2.24, 2.45) is 11.7 Å². The summed E-state index contributed by atoms with van der Waals surface area (Å²) in [6, 6.07) is 4.50. The molecule has 3 atom stereocenters. The Hall–Kier alpha value is -2.58. The molecule has 0 aliphatic carbocycles. The average molecular weight is 384 g/mol. The average Bonchev–Trinajstić information content (AvgIpc) is 2.90. The molecule has 3 N–H and O–H groups in total. The van der Waals surface area contributed by atoms with E-state index in [0.717, 1.165) is 30.0 Å². The third kappa shape index (κ3) is 3.12. The summed E-state index contributed by atoms with van der Waals surface area (Å²) >= 11 is 0. The van der Waals surface area contributed by atoms with E-state index in [2.05, 4.69) is 17.1 Å². The van der Waals surface area contributed by atoms with Crippen LogP contribution in [0.3, 0.4) is 0 Å². The number of nitrogens with zero attached hydrogens (tertiary/aromatic N) is 2. The second-order valence-electron chi connectivity index (χ2n) is 7.95. The summed E-state index contributed by atoms with van der Waals surface area (Å²) in [5, 5.41) is 2.22. The summed E-state index contributed by atoms with van der Waals surface area (Å²) in [7, 11) is 0. The number of carbonyl (C=O) groups is 4. The molecule has 4 rings (SSSR count). The molecule has 4 amide bonds. The number of rotatable bonds is 3. The number of hydrogen-bond donors (Lipinski definition) is 2. The fourth-order valence-electron chi connectivity index (χ4n) is 4.35. The molecule has 3 unspecified atom stereocenters. The lowest BCUT2D eigenvalue weighted by Crippen LogP contribution is -2.54. The van der Waals surface area contributed by atoms with Crippen LogP contribution in [0.25, 0.3) is 0 Å². The van der Waals surface area contributed by atoms with Crippen molar-refractivity contribution in [3.05, 3.63) is 34.9 Å². The number of likely N-dealkylation sites (tertiary alicyclic amines) is 1. The highest BCUT2D eigenvalue weighted by atomic mass is 16.2. The van der Waals surface area contributed by atoms with Crippen LogP contribution in [-0.4, -0.2) is 58.6 Å². The fourth-order valence-corrected chi connectivity index (χ4v) is 4.35. The summed E-state index contributed by atoms with van der Waals surface area (Å²) in [5.74, 6) is -1.53. The molecule has 1 aromatic rings. The number of nitrogens with two attached hydrogens (primary N) is 1. The number of carbonyl (C=O) groups excluding carboxylic acids is 4. The van der Waals surface area contributed by atoms with Crippen LogP contribution in [-0.2, 0) is 16.1 Å². The number of nitrogens with one attached hydrogen (secondary N) is 1. The molecule has 0 spiro atoms. The number of piperidine rings is 2. The molecule has 148 valence electrons. The van der Waals surface area contributed by atoms with Gasteiger partial charge in [0.1, 0.15) is 6.04 Å². The topological polar surface area (TPSA) is 113 Å². The van der Waals surface area contributed by atoms with Crippen molar-refractivity contribution >= 4 is 23.6 Å². The van der Waals surface area contributed by atoms with Crippen LogP contribution in [0, 0.1) is 5.92 Å². The molecule has 3 aliphatic rings. The van der Waals surface area contributed by atoms with Crippen LogP contribution < -0.4 is 11.1 Å². The van der Waals surface area contributed by atoms with Crippen LogP contribution in [0.1, 0.15) is 52.5 Å². The molecular weight excluding hydrogens is 360 g/mol. The van der Waals surface area contributed by atoms with E-state index in [-0.39, 0.29) is 24.8 Å². The summed E-state index contributed by atoms with van der Waals surface area (Å²) in [6.07, 6.45) is 1.17. The Bertz CT molecular complexity index is 868. The highest BCUT2D eigenvalue weighted by Crippen LogP contribution is 2.31. The van der Waals surface area contributed by atoms with Crippen LogP contribution in [0.2, 0.25) is 0 Å². The highest BCUT2D eigenvalue weighted by Gasteiger charge is 2.45. The molecule has 0 bridgehead atoms. The van der Waals surface area contributed by atoms with Crippen molar-refractivity contribution in [1.82, 2.24) is 15.1 Å². The van der Waals surface area contributed by atoms with Gasteiger partial charge in [-0.1, -0.05) is 19.1 Å². The zero-order valence-corrected chi connectivity index (χ0v) is 15.8. The van der Waals surface area contributed by atoms with Crippen LogP contribution in [0.5, 0.6) is 0 Å². The number of amides is 4. The van der Waals surface area contributed by atoms with Gasteiger partial charge >= 0.3 is 0 Å². The first kappa shape index (κ1) is 18.8. The van der Waals surface area contributed by atoms with Gasteiger partial charge in [-0.3, -0.25) is 34.3 Å². The second-order valence-corrected chi connectivity index (χ2v) is 7.95. The molecule has 8 heteroatoms. The van der Waals surface area contributed by atoms with Crippen LogP contribution in [0.15, 0.2) is 18.2 Å². The van der Waals surface area contributed by atoms with E-state index >= 15 is 0 Å². The number of imide groups is 2. The zero-order valence-electron chi connectivity index (χ0n) is 15.8. The molecule has 0 aromatic heterocycles. The van der Waals surface area contributed by atoms with Crippen molar-refractivity contribution in [1.29, 1.82) is 0 Å². The van der Waals surface area contributed by atoms with Crippen LogP contribution >= 0.6 is 0 Å². The molecular formula is C20H24N4O4. The number of benzene rings is 1. The minimum atomic E-state index is -0.939. The summed E-state index contributed by atoms with van der Waals surface area (Å²) in [5.41, 5.74) is 7.58. The fraction of sp³-hybridized carbons (Fsp3) is 0.500. The predicted molar refractivity (Wildman–Crippen MR) is 100 cm³/mol. The minimum Gasteiger partial charge on any atom is -0.327 e. The van der Waals surface area contributed by atoms with E-state index in [1.54, 1.807) is 12.1 Å². The van der Waals surface area contributed by atoms with Gasteiger partial charge in [-0.2, -0.15) is 0 Å². The molecule has 3 aliphatic heterocycles. The highest BCUT2D eigenvalue weighted by molar-refractivity contribution is 6.24. The van der Waals surface area contributed by atoms with E-state index in [9.17, 15) is 19.2 Å². The summed E-state index contributed by atoms with van der Waals surface area (Å²) < 4.78 is 0. The number of fused-ring (bicyclic) bond motifs is 1. The lowest BCUT2D eigenvalue weighted by Gasteiger charge is -2.35. The molecule has 0 radical (unpaired) electrons. The molecule has 1 aromatic carbocycles. The SMILES string of the molecule is CC1CN(Cc2cccc3c2C(=O)N(C2CCC(=O)NC2=O)C3=O)CCC1N. The standard InChI is InChI=1S/C20H24N4O4/c1-11-9-23(8-7-14(11)21)10-12-3-2-4-13-17(12)20(28)24(19(13)27)15-5-6-16(25)22-18(15)26/h2-4,11,14-15H,5-10,21H2,1H3,(H,22,25,26). The van der Waals surface area contributed by atoms with E-state index in [4.69, 9.17) is 5.73 Å². The molecule has 2 saturated heterocycles. The quantitative estimate of drug-likeness (QED) is 0.723. The molecule has 8 nitrogen and oxygen atoms in total. The maximum Gasteiger partial charge on any atom is 0.262 e. The van der Waals surface area contributed by atoms with Crippen molar-refractivity contribution in [2.45, 2.75) is 44.8 Å². The third-order valence-corrected chi connectivity index (χ3v) is 6.00. The third-order valence-electron chi connectivity index (χ3n) is 6.00. The van der Waals surface area contributed by atoms with Crippen molar-refractivity contribution in [3.63, 3.8) is 0 Å². The zero-order chi connectivity index (χ0) is 20.0. The van der Waals surface area contributed by atoms with E-state index in [1.807, 2.05) is 6.07 Å². The molecule has 3 heterocycles. The van der Waals surface area contributed by atoms with Crippen molar-refractivity contribution in [2.75, 3.05) is 13.1 Å². The molecule has 0 saturated carbocycles. The van der Waals surface area contributed by atoms with Crippen LogP contribution in [0.4, 0.5) is 0 Å². The van der Waals surface area contributed by atoms with Gasteiger partial charge in [0, 0.05) is 25.6 Å². The predicted octanol–water partition coefficient (Wildman–Crippen LogP) is 0.257. The Morgan fingerprint density at radius 2 is 1.93 bits per heavy atom. The Labute approximate surface area is 163 Å². The largest absolute Gasteiger partial charge is 0.327 e. The van der Waals surface area contributed by atoms with Gasteiger partial charge in [-0.25, -0.2) is 0 Å². The van der Waals surface area contributed by atoms with Gasteiger partial charge in [-0.05, 0) is 36.9 Å². The first-order chi connectivity index (χ1) is 13.4. The van der Waals surface area contributed by atoms with Crippen molar-refractivity contribution in [3.8, 4) is 0 Å². The Kier molecular flexibility index (Phi) is 4.76. The second kappa shape index (κ2) is 7.10. The van der Waals surface area contributed by atoms with E-state index in [0.29, 0.717) is 23.6 Å². The lowest BCUT2D eigenvalue weighted by atomic mass is 9.94. The Morgan fingerprint density at radius 1 is 1.14 bits per heavy atom. The van der Waals surface area contributed by atoms with E-state index < -0.39 is 23.8 Å². The van der Waals surface area contributed by atoms with E-state index in [1.165, 1.54) is 0 Å². The summed E-state index contributed by atoms with van der Waals surface area (Å²) in [4.78, 5) is 52.9. The van der Waals surface area contributed by atoms with Gasteiger partial charge in [0.25, 0.3) is 11.8 Å². The smallest absolute Gasteiger partial charge is 0.262 e. The lowest BCUT2D eigenvalue weighted by molar-refractivity contribution is -0.136. The first-order valence-electron chi connectivity index (χ1n) is 9.68. The molecule has 28 heavy (non-hydrogen) atoms. The monoisotopic (exact) mass is 384 g/mol. The van der Waals surface area contributed by atoms with Gasteiger partial charge in [0.05, 0.1) is 11.1 Å². The summed E-state index contributed by atoms with van der Waals surface area (Å²) in [6.45, 7) is 4.35. The normalized spacial score (nSPS) is 28.5. The minimum absolute atomic E-state index is 0.114. The molecule has 2 fully saturated rings. The first-order valence-corrected chi connectivity index (χ1v) is 9.68.